The van der Waals surface area contributed by atoms with E-state index in [1.165, 1.54) is 25.7 Å². The third-order valence-electron chi connectivity index (χ3n) is 3.59. The van der Waals surface area contributed by atoms with Gasteiger partial charge in [-0.15, -0.1) is 11.3 Å². The third kappa shape index (κ3) is 3.16. The van der Waals surface area contributed by atoms with Crippen molar-refractivity contribution in [3.8, 4) is 10.4 Å². The van der Waals surface area contributed by atoms with Gasteiger partial charge in [0.25, 0.3) is 0 Å². The molecule has 2 aromatic rings. The van der Waals surface area contributed by atoms with Gasteiger partial charge in [0.1, 0.15) is 5.01 Å². The number of benzene rings is 1. The van der Waals surface area contributed by atoms with Crippen LogP contribution in [-0.4, -0.2) is 11.0 Å². The minimum atomic E-state index is 0.688. The Morgan fingerprint density at radius 3 is 2.84 bits per heavy atom. The van der Waals surface area contributed by atoms with E-state index in [1.807, 2.05) is 30.5 Å². The van der Waals surface area contributed by atoms with E-state index in [0.717, 1.165) is 27.0 Å². The van der Waals surface area contributed by atoms with Crippen LogP contribution in [0.5, 0.6) is 0 Å². The zero-order valence-corrected chi connectivity index (χ0v) is 12.3. The van der Waals surface area contributed by atoms with Crippen molar-refractivity contribution in [2.45, 2.75) is 38.3 Å². The van der Waals surface area contributed by atoms with Crippen LogP contribution in [0.25, 0.3) is 10.4 Å². The van der Waals surface area contributed by atoms with Crippen molar-refractivity contribution in [1.82, 2.24) is 10.3 Å². The van der Waals surface area contributed by atoms with Crippen molar-refractivity contribution < 1.29 is 0 Å². The number of halogens is 1. The van der Waals surface area contributed by atoms with Crippen molar-refractivity contribution in [3.63, 3.8) is 0 Å². The Labute approximate surface area is 122 Å². The van der Waals surface area contributed by atoms with Crippen LogP contribution in [0.4, 0.5) is 0 Å². The first kappa shape index (κ1) is 13.1. The minimum Gasteiger partial charge on any atom is -0.308 e. The second kappa shape index (κ2) is 6.04. The smallest absolute Gasteiger partial charge is 0.107 e. The van der Waals surface area contributed by atoms with Gasteiger partial charge in [0.05, 0.1) is 4.88 Å². The standard InChI is InChI=1S/C15H17ClN2S/c16-13-8-4-3-7-12(13)14-9-18-15(19-14)10-17-11-5-1-2-6-11/h3-4,7-9,11,17H,1-2,5-6,10H2. The average Bonchev–Trinajstić information content (AvgIpc) is 3.08. The van der Waals surface area contributed by atoms with E-state index in [4.69, 9.17) is 11.6 Å². The molecule has 0 atom stereocenters. The lowest BCUT2D eigenvalue weighted by molar-refractivity contribution is 0.523. The fourth-order valence-electron chi connectivity index (χ4n) is 2.54. The molecule has 1 fully saturated rings. The first-order valence-corrected chi connectivity index (χ1v) is 7.95. The summed E-state index contributed by atoms with van der Waals surface area (Å²) < 4.78 is 0. The molecule has 1 aliphatic carbocycles. The van der Waals surface area contributed by atoms with Crippen LogP contribution < -0.4 is 5.32 Å². The summed E-state index contributed by atoms with van der Waals surface area (Å²) in [5.41, 5.74) is 1.08. The van der Waals surface area contributed by atoms with E-state index in [9.17, 15) is 0 Å². The van der Waals surface area contributed by atoms with Gasteiger partial charge in [0, 0.05) is 29.4 Å². The molecule has 4 heteroatoms. The van der Waals surface area contributed by atoms with Crippen molar-refractivity contribution in [2.75, 3.05) is 0 Å². The number of hydrogen-bond acceptors (Lipinski definition) is 3. The highest BCUT2D eigenvalue weighted by atomic mass is 35.5. The van der Waals surface area contributed by atoms with Gasteiger partial charge in [-0.25, -0.2) is 4.98 Å². The summed E-state index contributed by atoms with van der Waals surface area (Å²) in [5.74, 6) is 0. The predicted molar refractivity (Wildman–Crippen MR) is 81.7 cm³/mol. The highest BCUT2D eigenvalue weighted by molar-refractivity contribution is 7.15. The molecule has 1 aromatic heterocycles. The molecule has 0 spiro atoms. The number of thiazole rings is 1. The summed E-state index contributed by atoms with van der Waals surface area (Å²) in [6, 6.07) is 8.62. The van der Waals surface area contributed by atoms with E-state index >= 15 is 0 Å². The summed E-state index contributed by atoms with van der Waals surface area (Å²) in [6.45, 7) is 0.875. The number of hydrogen-bond donors (Lipinski definition) is 1. The Morgan fingerprint density at radius 1 is 1.26 bits per heavy atom. The monoisotopic (exact) mass is 292 g/mol. The van der Waals surface area contributed by atoms with Crippen molar-refractivity contribution >= 4 is 22.9 Å². The number of aromatic nitrogens is 1. The summed E-state index contributed by atoms with van der Waals surface area (Å²) in [4.78, 5) is 5.64. The summed E-state index contributed by atoms with van der Waals surface area (Å²) in [7, 11) is 0. The highest BCUT2D eigenvalue weighted by Crippen LogP contribution is 2.31. The van der Waals surface area contributed by atoms with Crippen LogP contribution in [0.1, 0.15) is 30.7 Å². The zero-order valence-electron chi connectivity index (χ0n) is 10.7. The van der Waals surface area contributed by atoms with E-state index in [0.29, 0.717) is 6.04 Å². The Kier molecular flexibility index (Phi) is 4.16. The van der Waals surface area contributed by atoms with Crippen molar-refractivity contribution in [3.05, 3.63) is 40.5 Å². The van der Waals surface area contributed by atoms with Crippen LogP contribution in [-0.2, 0) is 6.54 Å². The van der Waals surface area contributed by atoms with Crippen molar-refractivity contribution in [1.29, 1.82) is 0 Å². The van der Waals surface area contributed by atoms with Crippen LogP contribution >= 0.6 is 22.9 Å². The van der Waals surface area contributed by atoms with Gasteiger partial charge in [-0.2, -0.15) is 0 Å². The number of nitrogens with zero attached hydrogens (tertiary/aromatic N) is 1. The Morgan fingerprint density at radius 2 is 2.05 bits per heavy atom. The molecule has 0 radical (unpaired) electrons. The number of rotatable bonds is 4. The van der Waals surface area contributed by atoms with Gasteiger partial charge >= 0.3 is 0 Å². The Hall–Kier alpha value is -0.900. The molecule has 100 valence electrons. The second-order valence-corrected chi connectivity index (χ2v) is 6.48. The highest BCUT2D eigenvalue weighted by Gasteiger charge is 2.15. The lowest BCUT2D eigenvalue weighted by atomic mass is 10.2. The fraction of sp³-hybridized carbons (Fsp3) is 0.400. The van der Waals surface area contributed by atoms with Crippen LogP contribution in [0.2, 0.25) is 5.02 Å². The van der Waals surface area contributed by atoms with Gasteiger partial charge in [-0.3, -0.25) is 0 Å². The molecular formula is C15H17ClN2S. The quantitative estimate of drug-likeness (QED) is 0.898. The lowest BCUT2D eigenvalue weighted by Gasteiger charge is -2.09. The summed E-state index contributed by atoms with van der Waals surface area (Å²) >= 11 is 7.94. The molecule has 0 saturated heterocycles. The van der Waals surface area contributed by atoms with Gasteiger partial charge in [-0.1, -0.05) is 42.6 Å². The third-order valence-corrected chi connectivity index (χ3v) is 4.95. The fourth-order valence-corrected chi connectivity index (χ4v) is 3.74. The summed E-state index contributed by atoms with van der Waals surface area (Å²) in [6.07, 6.45) is 7.27. The van der Waals surface area contributed by atoms with E-state index < -0.39 is 0 Å². The molecule has 0 aliphatic heterocycles. The molecule has 19 heavy (non-hydrogen) atoms. The molecule has 0 unspecified atom stereocenters. The average molecular weight is 293 g/mol. The van der Waals surface area contributed by atoms with Crippen molar-refractivity contribution in [2.24, 2.45) is 0 Å². The van der Waals surface area contributed by atoms with E-state index in [-0.39, 0.29) is 0 Å². The summed E-state index contributed by atoms with van der Waals surface area (Å²) in [5, 5.41) is 5.53. The zero-order chi connectivity index (χ0) is 13.1. The van der Waals surface area contributed by atoms with Gasteiger partial charge < -0.3 is 5.32 Å². The first-order valence-electron chi connectivity index (χ1n) is 6.76. The van der Waals surface area contributed by atoms with Gasteiger partial charge in [-0.05, 0) is 18.9 Å². The minimum absolute atomic E-state index is 0.688. The molecule has 0 amide bonds. The molecule has 1 aromatic carbocycles. The maximum atomic E-state index is 6.21. The second-order valence-electron chi connectivity index (χ2n) is 4.96. The SMILES string of the molecule is Clc1ccccc1-c1cnc(CNC2CCCC2)s1. The molecule has 2 nitrogen and oxygen atoms in total. The molecule has 3 rings (SSSR count). The molecule has 1 aliphatic rings. The Balaban J connectivity index is 1.67. The predicted octanol–water partition coefficient (Wildman–Crippen LogP) is 4.50. The van der Waals surface area contributed by atoms with Gasteiger partial charge in [0.2, 0.25) is 0 Å². The van der Waals surface area contributed by atoms with E-state index in [2.05, 4.69) is 10.3 Å². The molecule has 1 heterocycles. The largest absolute Gasteiger partial charge is 0.308 e. The topological polar surface area (TPSA) is 24.9 Å². The Bertz CT molecular complexity index is 547. The maximum absolute atomic E-state index is 6.21. The molecule has 1 saturated carbocycles. The van der Waals surface area contributed by atoms with Crippen LogP contribution in [0.15, 0.2) is 30.5 Å². The van der Waals surface area contributed by atoms with Crippen LogP contribution in [0.3, 0.4) is 0 Å². The van der Waals surface area contributed by atoms with E-state index in [1.54, 1.807) is 11.3 Å². The lowest BCUT2D eigenvalue weighted by Crippen LogP contribution is -2.25. The number of nitrogens with one attached hydrogen (secondary N) is 1. The molecule has 0 bridgehead atoms. The first-order chi connectivity index (χ1) is 9.33. The normalized spacial score (nSPS) is 16.1. The maximum Gasteiger partial charge on any atom is 0.107 e. The molecular weight excluding hydrogens is 276 g/mol. The van der Waals surface area contributed by atoms with Gasteiger partial charge in [0.15, 0.2) is 0 Å². The molecule has 1 N–H and O–H groups in total. The van der Waals surface area contributed by atoms with Crippen LogP contribution in [0, 0.1) is 0 Å².